The zero-order valence-electron chi connectivity index (χ0n) is 20.6. The van der Waals surface area contributed by atoms with Gasteiger partial charge in [0.25, 0.3) is 0 Å². The van der Waals surface area contributed by atoms with Crippen LogP contribution in [-0.4, -0.2) is 41.6 Å². The maximum atomic E-state index is 13.6. The largest absolute Gasteiger partial charge is 0.464 e. The second kappa shape index (κ2) is 11.5. The van der Waals surface area contributed by atoms with Gasteiger partial charge in [0.2, 0.25) is 12.7 Å². The number of amides is 3. The summed E-state index contributed by atoms with van der Waals surface area (Å²) < 4.78 is 17.6. The normalized spacial score (nSPS) is 12.0. The van der Waals surface area contributed by atoms with Crippen LogP contribution in [0, 0.1) is 12.8 Å². The molecule has 0 saturated heterocycles. The number of nitrogens with one attached hydrogen (secondary N) is 1. The number of nitrogens with zero attached hydrogens (tertiary/aromatic N) is 2. The van der Waals surface area contributed by atoms with E-state index in [1.807, 2.05) is 75.4 Å². The molecule has 3 aromatic rings. The molecule has 36 heavy (non-hydrogen) atoms. The summed E-state index contributed by atoms with van der Waals surface area (Å²) in [5.41, 5.74) is 1.55. The molecule has 4 rings (SSSR count). The molecule has 0 aliphatic carbocycles. The first-order valence-electron chi connectivity index (χ1n) is 11.8. The fraction of sp³-hybridized carbons (Fsp3) is 0.333. The first-order chi connectivity index (χ1) is 17.3. The molecule has 1 aliphatic heterocycles. The van der Waals surface area contributed by atoms with E-state index in [0.717, 1.165) is 15.8 Å². The quantitative estimate of drug-likeness (QED) is 0.360. The number of hydrogen-bond acceptors (Lipinski definition) is 5. The van der Waals surface area contributed by atoms with Gasteiger partial charge in [0.15, 0.2) is 11.5 Å². The molecule has 0 fully saturated rings. The number of benzene rings is 2. The van der Waals surface area contributed by atoms with Crippen LogP contribution in [0.15, 0.2) is 63.5 Å². The number of urea groups is 1. The lowest BCUT2D eigenvalue weighted by molar-refractivity contribution is -0.133. The highest BCUT2D eigenvalue weighted by molar-refractivity contribution is 9.10. The third-order valence-electron chi connectivity index (χ3n) is 5.60. The van der Waals surface area contributed by atoms with Crippen molar-refractivity contribution in [3.63, 3.8) is 0 Å². The molecule has 0 radical (unpaired) electrons. The second-order valence-corrected chi connectivity index (χ2v) is 10.1. The van der Waals surface area contributed by atoms with Gasteiger partial charge in [-0.25, -0.2) is 4.79 Å². The number of aryl methyl sites for hydroxylation is 1. The summed E-state index contributed by atoms with van der Waals surface area (Å²) in [6.45, 7) is 7.07. The minimum Gasteiger partial charge on any atom is -0.464 e. The van der Waals surface area contributed by atoms with Crippen molar-refractivity contribution in [2.75, 3.05) is 25.2 Å². The minimum atomic E-state index is -0.323. The predicted octanol–water partition coefficient (Wildman–Crippen LogP) is 5.80. The average Bonchev–Trinajstić information content (AvgIpc) is 3.47. The lowest BCUT2D eigenvalue weighted by Gasteiger charge is -2.28. The lowest BCUT2D eigenvalue weighted by atomic mass is 10.1. The molecular formula is C27H30BrN3O5. The highest BCUT2D eigenvalue weighted by Crippen LogP contribution is 2.33. The Balaban J connectivity index is 1.51. The predicted molar refractivity (Wildman–Crippen MR) is 140 cm³/mol. The number of fused-ring (bicyclic) bond motifs is 1. The summed E-state index contributed by atoms with van der Waals surface area (Å²) in [5, 5.41) is 2.90. The smallest absolute Gasteiger partial charge is 0.322 e. The minimum absolute atomic E-state index is 0.0647. The molecule has 0 spiro atoms. The first-order valence-corrected chi connectivity index (χ1v) is 12.6. The Morgan fingerprint density at radius 3 is 2.42 bits per heavy atom. The highest BCUT2D eigenvalue weighted by atomic mass is 79.9. The van der Waals surface area contributed by atoms with E-state index >= 15 is 0 Å². The fourth-order valence-corrected chi connectivity index (χ4v) is 4.17. The number of carbonyl (C=O) groups is 2. The van der Waals surface area contributed by atoms with Crippen LogP contribution in [0.25, 0.3) is 0 Å². The monoisotopic (exact) mass is 555 g/mol. The van der Waals surface area contributed by atoms with Crippen molar-refractivity contribution < 1.29 is 23.5 Å². The van der Waals surface area contributed by atoms with Gasteiger partial charge in [0.05, 0.1) is 6.54 Å². The van der Waals surface area contributed by atoms with Gasteiger partial charge >= 0.3 is 6.03 Å². The van der Waals surface area contributed by atoms with Gasteiger partial charge in [0, 0.05) is 23.2 Å². The molecule has 8 nitrogen and oxygen atoms in total. The Morgan fingerprint density at radius 1 is 0.972 bits per heavy atom. The summed E-state index contributed by atoms with van der Waals surface area (Å²) in [5.74, 6) is 2.79. The van der Waals surface area contributed by atoms with Gasteiger partial charge in [-0.2, -0.15) is 0 Å². The van der Waals surface area contributed by atoms with E-state index in [4.69, 9.17) is 13.9 Å². The van der Waals surface area contributed by atoms with E-state index in [0.29, 0.717) is 36.0 Å². The maximum Gasteiger partial charge on any atom is 0.322 e. The Hall–Kier alpha value is -3.46. The van der Waals surface area contributed by atoms with Crippen LogP contribution in [-0.2, 0) is 17.9 Å². The molecule has 1 aromatic heterocycles. The summed E-state index contributed by atoms with van der Waals surface area (Å²) in [6.07, 6.45) is 0. The topological polar surface area (TPSA) is 84.2 Å². The zero-order chi connectivity index (χ0) is 25.7. The van der Waals surface area contributed by atoms with Gasteiger partial charge in [-0.1, -0.05) is 35.8 Å². The first kappa shape index (κ1) is 25.6. The summed E-state index contributed by atoms with van der Waals surface area (Å²) in [6, 6.07) is 16.4. The van der Waals surface area contributed by atoms with Crippen LogP contribution in [0.5, 0.6) is 11.5 Å². The number of rotatable bonds is 9. The Labute approximate surface area is 219 Å². The fourth-order valence-electron chi connectivity index (χ4n) is 3.91. The maximum absolute atomic E-state index is 13.6. The van der Waals surface area contributed by atoms with E-state index < -0.39 is 0 Å². The molecule has 0 unspecified atom stereocenters. The van der Waals surface area contributed by atoms with Crippen molar-refractivity contribution in [1.29, 1.82) is 0 Å². The van der Waals surface area contributed by atoms with Crippen molar-refractivity contribution >= 4 is 33.6 Å². The van der Waals surface area contributed by atoms with Crippen LogP contribution >= 0.6 is 15.9 Å². The molecule has 9 heteroatoms. The molecule has 2 aromatic carbocycles. The van der Waals surface area contributed by atoms with Crippen molar-refractivity contribution in [2.45, 2.75) is 33.9 Å². The summed E-state index contributed by atoms with van der Waals surface area (Å²) in [4.78, 5) is 30.0. The number of hydrogen-bond donors (Lipinski definition) is 1. The summed E-state index contributed by atoms with van der Waals surface area (Å²) in [7, 11) is 0. The Bertz CT molecular complexity index is 1210. The van der Waals surface area contributed by atoms with E-state index in [-0.39, 0.29) is 37.7 Å². The van der Waals surface area contributed by atoms with Crippen molar-refractivity contribution in [2.24, 2.45) is 5.92 Å². The van der Waals surface area contributed by atoms with Crippen LogP contribution in [0.3, 0.4) is 0 Å². The van der Waals surface area contributed by atoms with Gasteiger partial charge in [-0.3, -0.25) is 4.79 Å². The highest BCUT2D eigenvalue weighted by Gasteiger charge is 2.24. The molecule has 0 bridgehead atoms. The Morgan fingerprint density at radius 2 is 1.72 bits per heavy atom. The van der Waals surface area contributed by atoms with Gasteiger partial charge in [-0.15, -0.1) is 0 Å². The van der Waals surface area contributed by atoms with E-state index in [1.54, 1.807) is 9.80 Å². The second-order valence-electron chi connectivity index (χ2n) is 9.16. The lowest BCUT2D eigenvalue weighted by Crippen LogP contribution is -2.45. The van der Waals surface area contributed by atoms with Crippen LogP contribution < -0.4 is 14.8 Å². The van der Waals surface area contributed by atoms with Crippen LogP contribution in [0.1, 0.15) is 30.9 Å². The molecule has 2 heterocycles. The zero-order valence-corrected chi connectivity index (χ0v) is 22.2. The number of furan rings is 1. The van der Waals surface area contributed by atoms with Crippen molar-refractivity contribution in [3.8, 4) is 11.5 Å². The van der Waals surface area contributed by atoms with Gasteiger partial charge in [-0.05, 0) is 66.9 Å². The van der Waals surface area contributed by atoms with Gasteiger partial charge in [0.1, 0.15) is 18.1 Å². The number of halogens is 1. The molecule has 1 aliphatic rings. The van der Waals surface area contributed by atoms with Crippen LogP contribution in [0.4, 0.5) is 10.5 Å². The molecule has 190 valence electrons. The standard InChI is InChI=1S/C27H30BrN3O5/c1-18(2)13-31(27(33)29-22-8-6-21(28)7-9-22)16-26(32)30(15-23-10-4-19(3)36-23)14-20-5-11-24-25(12-20)35-17-34-24/h4-12,18H,13-17H2,1-3H3,(H,29,33). The number of carbonyl (C=O) groups excluding carboxylic acids is 2. The van der Waals surface area contributed by atoms with E-state index in [9.17, 15) is 9.59 Å². The molecule has 3 amide bonds. The SMILES string of the molecule is Cc1ccc(CN(Cc2ccc3c(c2)OCO3)C(=O)CN(CC(C)C)C(=O)Nc2ccc(Br)cc2)o1. The van der Waals surface area contributed by atoms with Gasteiger partial charge < -0.3 is 29.0 Å². The molecule has 0 atom stereocenters. The number of ether oxygens (including phenoxy) is 2. The average molecular weight is 556 g/mol. The Kier molecular flexibility index (Phi) is 8.20. The van der Waals surface area contributed by atoms with Crippen LogP contribution in [0.2, 0.25) is 0 Å². The van der Waals surface area contributed by atoms with E-state index in [2.05, 4.69) is 21.2 Å². The van der Waals surface area contributed by atoms with E-state index in [1.165, 1.54) is 0 Å². The van der Waals surface area contributed by atoms with Crippen molar-refractivity contribution in [1.82, 2.24) is 9.80 Å². The molecule has 0 saturated carbocycles. The summed E-state index contributed by atoms with van der Waals surface area (Å²) >= 11 is 3.40. The third kappa shape index (κ3) is 6.81. The third-order valence-corrected chi connectivity index (χ3v) is 6.13. The molecular weight excluding hydrogens is 526 g/mol. The van der Waals surface area contributed by atoms with Crippen molar-refractivity contribution in [3.05, 3.63) is 76.2 Å². The molecule has 1 N–H and O–H groups in total. The number of anilines is 1.